The number of methoxy groups -OCH3 is 1. The van der Waals surface area contributed by atoms with Gasteiger partial charge in [0.2, 0.25) is 5.88 Å². The summed E-state index contributed by atoms with van der Waals surface area (Å²) >= 11 is 0. The number of pyridine rings is 1. The van der Waals surface area contributed by atoms with Crippen LogP contribution in [0.25, 0.3) is 0 Å². The van der Waals surface area contributed by atoms with Crippen molar-refractivity contribution in [2.24, 2.45) is 0 Å². The maximum atomic E-state index is 12.5. The molecule has 0 aliphatic carbocycles. The van der Waals surface area contributed by atoms with Crippen LogP contribution in [0.2, 0.25) is 0 Å². The van der Waals surface area contributed by atoms with E-state index in [-0.39, 0.29) is 0 Å². The molecule has 0 aliphatic rings. The Morgan fingerprint density at radius 2 is 2.00 bits per heavy atom. The van der Waals surface area contributed by atoms with E-state index in [0.717, 1.165) is 7.11 Å². The molecule has 20 heavy (non-hydrogen) atoms. The van der Waals surface area contributed by atoms with Crippen molar-refractivity contribution in [3.05, 3.63) is 27.5 Å². The zero-order valence-corrected chi connectivity index (χ0v) is 9.88. The predicted molar refractivity (Wildman–Crippen MR) is 54.4 cm³/mol. The lowest BCUT2D eigenvalue weighted by molar-refractivity contribution is -0.276. The topological polar surface area (TPSA) is 68.4 Å². The van der Waals surface area contributed by atoms with Crippen LogP contribution in [-0.4, -0.2) is 24.4 Å². The second-order valence-electron chi connectivity index (χ2n) is 3.48. The van der Waals surface area contributed by atoms with Crippen molar-refractivity contribution in [3.63, 3.8) is 0 Å². The molecule has 5 nitrogen and oxygen atoms in total. The van der Waals surface area contributed by atoms with Gasteiger partial charge in [0.05, 0.1) is 24.7 Å². The van der Waals surface area contributed by atoms with Crippen LogP contribution in [0.5, 0.6) is 5.88 Å². The molecule has 1 N–H and O–H groups in total. The maximum Gasteiger partial charge on any atom is 0.574 e. The van der Waals surface area contributed by atoms with Crippen molar-refractivity contribution < 1.29 is 36.2 Å². The number of carbonyl (C=O) groups is 1. The van der Waals surface area contributed by atoms with Crippen LogP contribution in [0.4, 0.5) is 22.0 Å². The monoisotopic (exact) mass is 301 g/mol. The summed E-state index contributed by atoms with van der Waals surface area (Å²) in [5.41, 5.74) is -3.37. The summed E-state index contributed by atoms with van der Waals surface area (Å²) in [6.07, 6.45) is -8.90. The molecule has 1 heterocycles. The Labute approximate surface area is 108 Å². The third-order valence-electron chi connectivity index (χ3n) is 2.17. The van der Waals surface area contributed by atoms with Crippen molar-refractivity contribution in [2.75, 3.05) is 7.11 Å². The standard InChI is InChI=1S/C10H8F5NO4/c1-19-6(17)2-4-7(18)5(8(11)12)3-16-9(4)20-10(13,14)15/h3,8H,2H2,1H3,(H,16,18). The first-order chi connectivity index (χ1) is 9.15. The SMILES string of the molecule is COC(=O)Cc1c(OC(F)(F)F)[nH]cc(C(F)F)c1=O. The molecule has 0 saturated heterocycles. The van der Waals surface area contributed by atoms with E-state index >= 15 is 0 Å². The van der Waals surface area contributed by atoms with Crippen LogP contribution in [-0.2, 0) is 16.0 Å². The fraction of sp³-hybridized carbons (Fsp3) is 0.400. The van der Waals surface area contributed by atoms with Crippen LogP contribution in [0.1, 0.15) is 17.6 Å². The zero-order chi connectivity index (χ0) is 15.5. The molecule has 112 valence electrons. The molecule has 0 bridgehead atoms. The Hall–Kier alpha value is -2.13. The van der Waals surface area contributed by atoms with E-state index in [1.807, 2.05) is 0 Å². The number of hydrogen-bond donors (Lipinski definition) is 1. The van der Waals surface area contributed by atoms with E-state index in [1.54, 1.807) is 4.98 Å². The molecule has 0 atom stereocenters. The summed E-state index contributed by atoms with van der Waals surface area (Å²) in [4.78, 5) is 24.4. The lowest BCUT2D eigenvalue weighted by Crippen LogP contribution is -2.25. The van der Waals surface area contributed by atoms with Crippen LogP contribution in [0, 0.1) is 0 Å². The molecular formula is C10H8F5NO4. The molecule has 0 spiro atoms. The van der Waals surface area contributed by atoms with Gasteiger partial charge in [-0.2, -0.15) is 0 Å². The molecule has 0 amide bonds. The molecule has 0 radical (unpaired) electrons. The number of alkyl halides is 5. The normalized spacial score (nSPS) is 11.6. The van der Waals surface area contributed by atoms with Gasteiger partial charge in [-0.25, -0.2) is 8.78 Å². The largest absolute Gasteiger partial charge is 0.574 e. The van der Waals surface area contributed by atoms with Crippen LogP contribution < -0.4 is 10.2 Å². The lowest BCUT2D eigenvalue weighted by atomic mass is 10.1. The Bertz CT molecular complexity index is 552. The summed E-state index contributed by atoms with van der Waals surface area (Å²) in [7, 11) is 0.928. The molecular weight excluding hydrogens is 293 g/mol. The molecule has 0 saturated carbocycles. The number of carbonyl (C=O) groups excluding carboxylic acids is 1. The highest BCUT2D eigenvalue weighted by Crippen LogP contribution is 2.25. The smallest absolute Gasteiger partial charge is 0.469 e. The summed E-state index contributed by atoms with van der Waals surface area (Å²) in [6, 6.07) is 0. The fourth-order valence-corrected chi connectivity index (χ4v) is 1.32. The number of rotatable bonds is 4. The number of ether oxygens (including phenoxy) is 2. The highest BCUT2D eigenvalue weighted by Gasteiger charge is 2.34. The summed E-state index contributed by atoms with van der Waals surface area (Å²) in [6.45, 7) is 0. The number of aromatic nitrogens is 1. The van der Waals surface area contributed by atoms with Gasteiger partial charge in [-0.15, -0.1) is 13.2 Å². The second kappa shape index (κ2) is 5.88. The number of halogens is 5. The molecule has 1 rings (SSSR count). The number of H-pyrrole nitrogens is 1. The highest BCUT2D eigenvalue weighted by atomic mass is 19.4. The van der Waals surface area contributed by atoms with Crippen molar-refractivity contribution in [1.29, 1.82) is 0 Å². The van der Waals surface area contributed by atoms with Crippen molar-refractivity contribution in [3.8, 4) is 5.88 Å². The van der Waals surface area contributed by atoms with Gasteiger partial charge in [-0.1, -0.05) is 0 Å². The average molecular weight is 301 g/mol. The first kappa shape index (κ1) is 15.9. The second-order valence-corrected chi connectivity index (χ2v) is 3.48. The van der Waals surface area contributed by atoms with Gasteiger partial charge in [0.25, 0.3) is 6.43 Å². The van der Waals surface area contributed by atoms with Crippen molar-refractivity contribution in [1.82, 2.24) is 4.98 Å². The predicted octanol–water partition coefficient (Wildman–Crippen LogP) is 1.93. The minimum atomic E-state index is -5.15. The Kier molecular flexibility index (Phi) is 4.69. The first-order valence-corrected chi connectivity index (χ1v) is 5.01. The quantitative estimate of drug-likeness (QED) is 0.681. The number of aromatic amines is 1. The molecule has 10 heteroatoms. The van der Waals surface area contributed by atoms with Crippen LogP contribution >= 0.6 is 0 Å². The summed E-state index contributed by atoms with van der Waals surface area (Å²) < 4.78 is 69.0. The van der Waals surface area contributed by atoms with E-state index in [2.05, 4.69) is 9.47 Å². The Morgan fingerprint density at radius 1 is 1.40 bits per heavy atom. The molecule has 0 unspecified atom stereocenters. The Balaban J connectivity index is 3.33. The maximum absolute atomic E-state index is 12.5. The minimum Gasteiger partial charge on any atom is -0.469 e. The van der Waals surface area contributed by atoms with Gasteiger partial charge in [0.15, 0.2) is 5.43 Å². The molecule has 0 aromatic carbocycles. The van der Waals surface area contributed by atoms with E-state index in [9.17, 15) is 31.5 Å². The third-order valence-corrected chi connectivity index (χ3v) is 2.17. The van der Waals surface area contributed by atoms with Gasteiger partial charge < -0.3 is 14.5 Å². The van der Waals surface area contributed by atoms with Crippen molar-refractivity contribution in [2.45, 2.75) is 19.2 Å². The van der Waals surface area contributed by atoms with E-state index < -0.39 is 47.6 Å². The van der Waals surface area contributed by atoms with E-state index in [4.69, 9.17) is 0 Å². The zero-order valence-electron chi connectivity index (χ0n) is 9.88. The summed E-state index contributed by atoms with van der Waals surface area (Å²) in [5.74, 6) is -2.20. The van der Waals surface area contributed by atoms with Gasteiger partial charge >= 0.3 is 12.3 Å². The van der Waals surface area contributed by atoms with E-state index in [0.29, 0.717) is 6.20 Å². The average Bonchev–Trinajstić information content (AvgIpc) is 2.31. The van der Waals surface area contributed by atoms with Gasteiger partial charge in [-0.3, -0.25) is 9.59 Å². The van der Waals surface area contributed by atoms with E-state index in [1.165, 1.54) is 0 Å². The molecule has 1 aromatic rings. The molecule has 0 fully saturated rings. The van der Waals surface area contributed by atoms with Gasteiger partial charge in [-0.05, 0) is 0 Å². The van der Waals surface area contributed by atoms with Crippen molar-refractivity contribution >= 4 is 5.97 Å². The Morgan fingerprint density at radius 3 is 2.45 bits per heavy atom. The highest BCUT2D eigenvalue weighted by molar-refractivity contribution is 5.73. The first-order valence-electron chi connectivity index (χ1n) is 5.01. The molecule has 0 aliphatic heterocycles. The van der Waals surface area contributed by atoms with Gasteiger partial charge in [0, 0.05) is 6.20 Å². The lowest BCUT2D eigenvalue weighted by Gasteiger charge is -2.13. The van der Waals surface area contributed by atoms with Crippen LogP contribution in [0.15, 0.2) is 11.0 Å². The number of hydrogen-bond acceptors (Lipinski definition) is 4. The molecule has 1 aromatic heterocycles. The van der Waals surface area contributed by atoms with Crippen LogP contribution in [0.3, 0.4) is 0 Å². The van der Waals surface area contributed by atoms with Gasteiger partial charge in [0.1, 0.15) is 0 Å². The fourth-order valence-electron chi connectivity index (χ4n) is 1.32. The summed E-state index contributed by atoms with van der Waals surface area (Å²) in [5, 5.41) is 0. The number of esters is 1. The minimum absolute atomic E-state index is 0.398. The third kappa shape index (κ3) is 3.93. The number of nitrogens with one attached hydrogen (secondary N) is 1.